The van der Waals surface area contributed by atoms with Gasteiger partial charge in [0.2, 0.25) is 0 Å². The molecule has 1 aromatic heterocycles. The van der Waals surface area contributed by atoms with Gasteiger partial charge >= 0.3 is 0 Å². The Morgan fingerprint density at radius 1 is 1.29 bits per heavy atom. The Labute approximate surface area is 151 Å². The van der Waals surface area contributed by atoms with Gasteiger partial charge in [-0.3, -0.25) is 9.59 Å². The summed E-state index contributed by atoms with van der Waals surface area (Å²) in [6.07, 6.45) is 2.38. The number of amides is 1. The molecule has 0 aliphatic heterocycles. The number of Topliss-reactive ketones (excluding diaryl/α,β-unsaturated/α-hetero) is 1. The highest BCUT2D eigenvalue weighted by atomic mass is 35.5. The summed E-state index contributed by atoms with van der Waals surface area (Å²) in [5.41, 5.74) is 8.90. The number of carbonyl (C=O) groups excluding carboxylic acids is 2. The van der Waals surface area contributed by atoms with Crippen molar-refractivity contribution in [2.45, 2.75) is 59.9 Å². The Balaban J connectivity index is 0.00000529. The molecule has 6 heteroatoms. The molecule has 24 heavy (non-hydrogen) atoms. The monoisotopic (exact) mass is 357 g/mol. The lowest BCUT2D eigenvalue weighted by atomic mass is 10.00. The Bertz CT molecular complexity index is 567. The molecule has 0 saturated heterocycles. The van der Waals surface area contributed by atoms with E-state index >= 15 is 0 Å². The fourth-order valence-electron chi connectivity index (χ4n) is 2.80. The van der Waals surface area contributed by atoms with Crippen LogP contribution in [0.2, 0.25) is 0 Å². The van der Waals surface area contributed by atoms with Crippen molar-refractivity contribution in [1.82, 2.24) is 9.88 Å². The highest BCUT2D eigenvalue weighted by Crippen LogP contribution is 2.22. The molecule has 1 heterocycles. The highest BCUT2D eigenvalue weighted by Gasteiger charge is 2.24. The molecule has 0 radical (unpaired) electrons. The molecule has 1 amide bonds. The molecule has 1 unspecified atom stereocenters. The zero-order valence-corrected chi connectivity index (χ0v) is 16.5. The number of H-pyrrole nitrogens is 1. The summed E-state index contributed by atoms with van der Waals surface area (Å²) >= 11 is 0. The van der Waals surface area contributed by atoms with Crippen LogP contribution in [-0.2, 0) is 6.42 Å². The molecule has 0 aliphatic rings. The number of aryl methyl sites for hydroxylation is 1. The first kappa shape index (κ1) is 22.7. The summed E-state index contributed by atoms with van der Waals surface area (Å²) in [6.45, 7) is 10.2. The van der Waals surface area contributed by atoms with Crippen LogP contribution in [0, 0.1) is 12.8 Å². The normalized spacial score (nSPS) is 12.0. The maximum atomic E-state index is 12.8. The molecule has 0 fully saturated rings. The number of hydrogen-bond acceptors (Lipinski definition) is 3. The predicted octanol–water partition coefficient (Wildman–Crippen LogP) is 3.35. The van der Waals surface area contributed by atoms with Crippen molar-refractivity contribution in [2.24, 2.45) is 11.7 Å². The fourth-order valence-corrected chi connectivity index (χ4v) is 2.80. The Kier molecular flexibility index (Phi) is 9.30. The number of halogens is 1. The van der Waals surface area contributed by atoms with Crippen LogP contribution in [-0.4, -0.2) is 41.2 Å². The molecule has 0 aliphatic carbocycles. The van der Waals surface area contributed by atoms with Crippen LogP contribution in [0.15, 0.2) is 0 Å². The van der Waals surface area contributed by atoms with Crippen molar-refractivity contribution < 1.29 is 9.59 Å². The van der Waals surface area contributed by atoms with E-state index in [2.05, 4.69) is 18.8 Å². The number of rotatable bonds is 8. The summed E-state index contributed by atoms with van der Waals surface area (Å²) in [5.74, 6) is 0.331. The zero-order chi connectivity index (χ0) is 17.7. The van der Waals surface area contributed by atoms with Gasteiger partial charge in [-0.05, 0) is 38.2 Å². The summed E-state index contributed by atoms with van der Waals surface area (Å²) in [7, 11) is 1.79. The third-order valence-electron chi connectivity index (χ3n) is 4.36. The molecule has 1 rings (SSSR count). The lowest BCUT2D eigenvalue weighted by molar-refractivity contribution is 0.0783. The average molecular weight is 358 g/mol. The van der Waals surface area contributed by atoms with Crippen molar-refractivity contribution in [3.63, 3.8) is 0 Å². The molecule has 5 nitrogen and oxygen atoms in total. The Morgan fingerprint density at radius 2 is 1.88 bits per heavy atom. The lowest BCUT2D eigenvalue weighted by Crippen LogP contribution is -2.35. The zero-order valence-electron chi connectivity index (χ0n) is 15.7. The first-order chi connectivity index (χ1) is 10.7. The molecule has 1 aromatic rings. The molecule has 0 saturated carbocycles. The number of aromatic nitrogens is 1. The molecule has 1 atom stereocenters. The summed E-state index contributed by atoms with van der Waals surface area (Å²) in [4.78, 5) is 29.5. The van der Waals surface area contributed by atoms with Gasteiger partial charge in [-0.2, -0.15) is 0 Å². The second kappa shape index (κ2) is 9.84. The van der Waals surface area contributed by atoms with Crippen LogP contribution in [0.25, 0.3) is 0 Å². The second-order valence-corrected chi connectivity index (χ2v) is 6.71. The van der Waals surface area contributed by atoms with Gasteiger partial charge in [-0.15, -0.1) is 12.4 Å². The number of aromatic amines is 1. The van der Waals surface area contributed by atoms with Crippen LogP contribution in [0.5, 0.6) is 0 Å². The van der Waals surface area contributed by atoms with E-state index in [1.807, 2.05) is 13.8 Å². The van der Waals surface area contributed by atoms with E-state index < -0.39 is 0 Å². The van der Waals surface area contributed by atoms with Crippen LogP contribution in [0.1, 0.15) is 72.6 Å². The molecule has 0 spiro atoms. The number of nitrogens with two attached hydrogens (primary N) is 1. The molecule has 3 N–H and O–H groups in total. The van der Waals surface area contributed by atoms with E-state index in [0.717, 1.165) is 30.5 Å². The van der Waals surface area contributed by atoms with Crippen molar-refractivity contribution in [3.05, 3.63) is 22.5 Å². The van der Waals surface area contributed by atoms with Gasteiger partial charge in [0.05, 0.1) is 0 Å². The average Bonchev–Trinajstić information content (AvgIpc) is 2.80. The minimum absolute atomic E-state index is 0. The highest BCUT2D eigenvalue weighted by molar-refractivity contribution is 6.02. The smallest absolute Gasteiger partial charge is 0.270 e. The maximum Gasteiger partial charge on any atom is 0.270 e. The number of nitrogens with one attached hydrogen (secondary N) is 1. The van der Waals surface area contributed by atoms with E-state index in [1.54, 1.807) is 18.9 Å². The SMILES string of the molecule is CCCc1c(C(=O)N(C)CCC(N)C(C)C)[nH]c(C)c1C(C)=O.Cl. The molecule has 138 valence electrons. The summed E-state index contributed by atoms with van der Waals surface area (Å²) < 4.78 is 0. The molecular weight excluding hydrogens is 326 g/mol. The largest absolute Gasteiger partial charge is 0.354 e. The number of hydrogen-bond donors (Lipinski definition) is 2. The van der Waals surface area contributed by atoms with Gasteiger partial charge in [0.15, 0.2) is 5.78 Å². The number of nitrogens with zero attached hydrogens (tertiary/aromatic N) is 1. The van der Waals surface area contributed by atoms with Crippen LogP contribution in [0.4, 0.5) is 0 Å². The van der Waals surface area contributed by atoms with E-state index in [-0.39, 0.29) is 30.1 Å². The van der Waals surface area contributed by atoms with Gasteiger partial charge in [-0.25, -0.2) is 0 Å². The fraction of sp³-hybridized carbons (Fsp3) is 0.667. The van der Waals surface area contributed by atoms with Crippen molar-refractivity contribution >= 4 is 24.1 Å². The van der Waals surface area contributed by atoms with Gasteiger partial charge in [0, 0.05) is 30.9 Å². The van der Waals surface area contributed by atoms with Gasteiger partial charge in [0.1, 0.15) is 5.69 Å². The van der Waals surface area contributed by atoms with Gasteiger partial charge in [-0.1, -0.05) is 27.2 Å². The summed E-state index contributed by atoms with van der Waals surface area (Å²) in [5, 5.41) is 0. The van der Waals surface area contributed by atoms with E-state index in [1.165, 1.54) is 0 Å². The van der Waals surface area contributed by atoms with Gasteiger partial charge < -0.3 is 15.6 Å². The molecular formula is C18H32ClN3O2. The lowest BCUT2D eigenvalue weighted by Gasteiger charge is -2.21. The quantitative estimate of drug-likeness (QED) is 0.700. The third kappa shape index (κ3) is 5.35. The van der Waals surface area contributed by atoms with Crippen molar-refractivity contribution in [2.75, 3.05) is 13.6 Å². The Morgan fingerprint density at radius 3 is 2.33 bits per heavy atom. The first-order valence-electron chi connectivity index (χ1n) is 8.44. The van der Waals surface area contributed by atoms with Crippen molar-refractivity contribution in [3.8, 4) is 0 Å². The number of ketones is 1. The van der Waals surface area contributed by atoms with E-state index in [9.17, 15) is 9.59 Å². The predicted molar refractivity (Wildman–Crippen MR) is 101 cm³/mol. The standard InChI is InChI=1S/C18H31N3O2.ClH/c1-7-8-14-16(13(5)22)12(4)20-17(14)18(23)21(6)10-9-15(19)11(2)3;/h11,15,20H,7-10,19H2,1-6H3;1H. The van der Waals surface area contributed by atoms with E-state index in [4.69, 9.17) is 5.73 Å². The van der Waals surface area contributed by atoms with Crippen LogP contribution < -0.4 is 5.73 Å². The minimum Gasteiger partial charge on any atom is -0.354 e. The third-order valence-corrected chi connectivity index (χ3v) is 4.36. The Hall–Kier alpha value is -1.33. The van der Waals surface area contributed by atoms with Crippen LogP contribution >= 0.6 is 12.4 Å². The first-order valence-corrected chi connectivity index (χ1v) is 8.44. The van der Waals surface area contributed by atoms with E-state index in [0.29, 0.717) is 23.7 Å². The van der Waals surface area contributed by atoms with Crippen LogP contribution in [0.3, 0.4) is 0 Å². The van der Waals surface area contributed by atoms with Crippen molar-refractivity contribution in [1.29, 1.82) is 0 Å². The molecule has 0 bridgehead atoms. The van der Waals surface area contributed by atoms with Gasteiger partial charge in [0.25, 0.3) is 5.91 Å². The molecule has 0 aromatic carbocycles. The summed E-state index contributed by atoms with van der Waals surface area (Å²) in [6, 6.07) is 0.0820. The minimum atomic E-state index is -0.0694. The second-order valence-electron chi connectivity index (χ2n) is 6.71. The maximum absolute atomic E-state index is 12.8. The topological polar surface area (TPSA) is 79.2 Å². The number of carbonyl (C=O) groups is 2.